The third-order valence-electron chi connectivity index (χ3n) is 3.14. The number of imide groups is 1. The lowest BCUT2D eigenvalue weighted by Gasteiger charge is -2.34. The van der Waals surface area contributed by atoms with Gasteiger partial charge in [0, 0.05) is 12.8 Å². The number of phenolic OH excluding ortho intramolecular Hbond substituents is 1. The molecule has 1 fully saturated rings. The van der Waals surface area contributed by atoms with E-state index in [1.807, 2.05) is 13.8 Å². The van der Waals surface area contributed by atoms with Crippen molar-refractivity contribution in [1.82, 2.24) is 4.90 Å². The van der Waals surface area contributed by atoms with E-state index >= 15 is 0 Å². The fourth-order valence-corrected chi connectivity index (χ4v) is 2.17. The molecule has 18 heavy (non-hydrogen) atoms. The van der Waals surface area contributed by atoms with Gasteiger partial charge in [-0.1, -0.05) is 26.0 Å². The second kappa shape index (κ2) is 4.44. The lowest BCUT2D eigenvalue weighted by atomic mass is 9.81. The Morgan fingerprint density at radius 1 is 1.11 bits per heavy atom. The van der Waals surface area contributed by atoms with Gasteiger partial charge in [0.15, 0.2) is 0 Å². The summed E-state index contributed by atoms with van der Waals surface area (Å²) in [7, 11) is 0. The standard InChI is InChI=1S/C14H17NO3/c1-14(2)7-12(17)15(13(18)8-14)9-10-3-5-11(16)6-4-10/h3-6,16H,7-9H2,1-2H3. The van der Waals surface area contributed by atoms with Crippen molar-refractivity contribution in [2.75, 3.05) is 0 Å². The molecule has 2 amide bonds. The van der Waals surface area contributed by atoms with Crippen molar-refractivity contribution in [2.45, 2.75) is 33.2 Å². The van der Waals surface area contributed by atoms with Crippen LogP contribution in [-0.2, 0) is 16.1 Å². The van der Waals surface area contributed by atoms with Gasteiger partial charge >= 0.3 is 0 Å². The Labute approximate surface area is 106 Å². The van der Waals surface area contributed by atoms with Gasteiger partial charge in [-0.2, -0.15) is 0 Å². The molecular weight excluding hydrogens is 230 g/mol. The molecule has 0 radical (unpaired) electrons. The predicted octanol–water partition coefficient (Wildman–Crippen LogP) is 2.07. The fourth-order valence-electron chi connectivity index (χ4n) is 2.17. The number of hydrogen-bond donors (Lipinski definition) is 1. The largest absolute Gasteiger partial charge is 0.508 e. The molecule has 0 bridgehead atoms. The van der Waals surface area contributed by atoms with E-state index in [9.17, 15) is 14.7 Å². The summed E-state index contributed by atoms with van der Waals surface area (Å²) in [5.74, 6) is -0.0650. The van der Waals surface area contributed by atoms with Gasteiger partial charge in [-0.25, -0.2) is 0 Å². The summed E-state index contributed by atoms with van der Waals surface area (Å²) >= 11 is 0. The van der Waals surface area contributed by atoms with Crippen LogP contribution in [0.4, 0.5) is 0 Å². The highest BCUT2D eigenvalue weighted by atomic mass is 16.3. The van der Waals surface area contributed by atoms with Gasteiger partial charge in [0.25, 0.3) is 0 Å². The minimum absolute atomic E-state index is 0.121. The van der Waals surface area contributed by atoms with Gasteiger partial charge in [-0.3, -0.25) is 14.5 Å². The lowest BCUT2D eigenvalue weighted by Crippen LogP contribution is -2.45. The first kappa shape index (κ1) is 12.6. The Kier molecular flexibility index (Phi) is 3.11. The first-order valence-corrected chi connectivity index (χ1v) is 5.98. The number of nitrogens with zero attached hydrogens (tertiary/aromatic N) is 1. The van der Waals surface area contributed by atoms with Crippen LogP contribution < -0.4 is 0 Å². The van der Waals surface area contributed by atoms with Crippen LogP contribution >= 0.6 is 0 Å². The Morgan fingerprint density at radius 2 is 1.61 bits per heavy atom. The first-order chi connectivity index (χ1) is 8.37. The number of rotatable bonds is 2. The van der Waals surface area contributed by atoms with E-state index in [0.29, 0.717) is 12.8 Å². The van der Waals surface area contributed by atoms with Crippen molar-refractivity contribution >= 4 is 11.8 Å². The number of piperidine rings is 1. The monoisotopic (exact) mass is 247 g/mol. The van der Waals surface area contributed by atoms with Crippen LogP contribution in [0.5, 0.6) is 5.75 Å². The van der Waals surface area contributed by atoms with Crippen molar-refractivity contribution in [3.05, 3.63) is 29.8 Å². The van der Waals surface area contributed by atoms with Crippen LogP contribution in [0.25, 0.3) is 0 Å². The summed E-state index contributed by atoms with van der Waals surface area (Å²) in [6.07, 6.45) is 0.799. The summed E-state index contributed by atoms with van der Waals surface area (Å²) in [5.41, 5.74) is 0.605. The predicted molar refractivity (Wildman–Crippen MR) is 66.7 cm³/mol. The molecule has 0 spiro atoms. The van der Waals surface area contributed by atoms with E-state index in [2.05, 4.69) is 0 Å². The molecule has 1 aliphatic heterocycles. The van der Waals surface area contributed by atoms with Crippen LogP contribution in [-0.4, -0.2) is 21.8 Å². The molecular formula is C14H17NO3. The molecule has 1 aliphatic rings. The molecule has 0 atom stereocenters. The molecule has 96 valence electrons. The van der Waals surface area contributed by atoms with Crippen LogP contribution in [0.15, 0.2) is 24.3 Å². The second-order valence-corrected chi connectivity index (χ2v) is 5.56. The normalized spacial score (nSPS) is 19.1. The first-order valence-electron chi connectivity index (χ1n) is 5.98. The van der Waals surface area contributed by atoms with E-state index in [1.165, 1.54) is 4.90 Å². The van der Waals surface area contributed by atoms with Gasteiger partial charge in [-0.05, 0) is 23.1 Å². The highest BCUT2D eigenvalue weighted by Crippen LogP contribution is 2.32. The van der Waals surface area contributed by atoms with E-state index in [1.54, 1.807) is 24.3 Å². The molecule has 1 N–H and O–H groups in total. The maximum atomic E-state index is 11.9. The molecule has 1 heterocycles. The van der Waals surface area contributed by atoms with Crippen LogP contribution in [0.2, 0.25) is 0 Å². The summed E-state index contributed by atoms with van der Waals surface area (Å²) in [6, 6.07) is 6.54. The zero-order valence-corrected chi connectivity index (χ0v) is 10.6. The smallest absolute Gasteiger partial charge is 0.230 e. The molecule has 0 aliphatic carbocycles. The SMILES string of the molecule is CC1(C)CC(=O)N(Cc2ccc(O)cc2)C(=O)C1. The molecule has 1 saturated heterocycles. The number of amides is 2. The highest BCUT2D eigenvalue weighted by molar-refractivity contribution is 5.98. The number of likely N-dealkylation sites (tertiary alicyclic amines) is 1. The lowest BCUT2D eigenvalue weighted by molar-refractivity contribution is -0.153. The molecule has 0 aromatic heterocycles. The van der Waals surface area contributed by atoms with E-state index in [0.717, 1.165) is 5.56 Å². The topological polar surface area (TPSA) is 57.6 Å². The third kappa shape index (κ3) is 2.70. The third-order valence-corrected chi connectivity index (χ3v) is 3.14. The number of phenols is 1. The van der Waals surface area contributed by atoms with Crippen LogP contribution in [0, 0.1) is 5.41 Å². The molecule has 4 nitrogen and oxygen atoms in total. The minimum atomic E-state index is -0.236. The number of hydrogen-bond acceptors (Lipinski definition) is 3. The Morgan fingerprint density at radius 3 is 2.11 bits per heavy atom. The number of carbonyl (C=O) groups is 2. The van der Waals surface area contributed by atoms with Crippen molar-refractivity contribution in [1.29, 1.82) is 0 Å². The van der Waals surface area contributed by atoms with Crippen molar-refractivity contribution in [3.8, 4) is 5.75 Å². The van der Waals surface area contributed by atoms with Crippen LogP contribution in [0.3, 0.4) is 0 Å². The zero-order valence-electron chi connectivity index (χ0n) is 10.6. The zero-order chi connectivity index (χ0) is 13.3. The van der Waals surface area contributed by atoms with Gasteiger partial charge in [0.05, 0.1) is 6.54 Å². The van der Waals surface area contributed by atoms with Crippen LogP contribution in [0.1, 0.15) is 32.3 Å². The highest BCUT2D eigenvalue weighted by Gasteiger charge is 2.37. The van der Waals surface area contributed by atoms with Crippen molar-refractivity contribution < 1.29 is 14.7 Å². The Balaban J connectivity index is 2.12. The van der Waals surface area contributed by atoms with Gasteiger partial charge in [0.1, 0.15) is 5.75 Å². The van der Waals surface area contributed by atoms with E-state index in [-0.39, 0.29) is 29.5 Å². The average Bonchev–Trinajstić information content (AvgIpc) is 2.24. The second-order valence-electron chi connectivity index (χ2n) is 5.56. The van der Waals surface area contributed by atoms with Gasteiger partial charge in [-0.15, -0.1) is 0 Å². The molecule has 1 aromatic rings. The maximum absolute atomic E-state index is 11.9. The molecule has 0 saturated carbocycles. The van der Waals surface area contributed by atoms with Crippen molar-refractivity contribution in [2.24, 2.45) is 5.41 Å². The summed E-state index contributed by atoms with van der Waals surface area (Å²) in [6.45, 7) is 4.15. The maximum Gasteiger partial charge on any atom is 0.230 e. The van der Waals surface area contributed by atoms with Crippen molar-refractivity contribution in [3.63, 3.8) is 0 Å². The summed E-state index contributed by atoms with van der Waals surface area (Å²) < 4.78 is 0. The molecule has 4 heteroatoms. The Hall–Kier alpha value is -1.84. The van der Waals surface area contributed by atoms with E-state index in [4.69, 9.17) is 0 Å². The number of carbonyl (C=O) groups excluding carboxylic acids is 2. The summed E-state index contributed by atoms with van der Waals surface area (Å²) in [4.78, 5) is 25.2. The van der Waals surface area contributed by atoms with E-state index < -0.39 is 0 Å². The number of aromatic hydroxyl groups is 1. The molecule has 1 aromatic carbocycles. The van der Waals surface area contributed by atoms with Gasteiger partial charge < -0.3 is 5.11 Å². The Bertz CT molecular complexity index is 456. The summed E-state index contributed by atoms with van der Waals surface area (Å²) in [5, 5.41) is 9.19. The van der Waals surface area contributed by atoms with Gasteiger partial charge in [0.2, 0.25) is 11.8 Å². The minimum Gasteiger partial charge on any atom is -0.508 e. The number of benzene rings is 1. The fraction of sp³-hybridized carbons (Fsp3) is 0.429. The molecule has 2 rings (SSSR count). The quantitative estimate of drug-likeness (QED) is 0.814. The molecule has 0 unspecified atom stereocenters. The average molecular weight is 247 g/mol.